The van der Waals surface area contributed by atoms with Crippen molar-refractivity contribution in [1.29, 1.82) is 0 Å². The van der Waals surface area contributed by atoms with Crippen LogP contribution in [0.1, 0.15) is 11.8 Å². The zero-order valence-electron chi connectivity index (χ0n) is 8.38. The number of halogens is 4. The minimum absolute atomic E-state index is 0.294. The number of hydrogen-bond donors (Lipinski definition) is 2. The summed E-state index contributed by atoms with van der Waals surface area (Å²) >= 11 is 5.73. The van der Waals surface area contributed by atoms with Crippen LogP contribution in [0.2, 0.25) is 5.02 Å². The van der Waals surface area contributed by atoms with Crippen LogP contribution >= 0.6 is 11.6 Å². The Bertz CT molecular complexity index is 538. The molecule has 0 aliphatic heterocycles. The normalized spacial score (nSPS) is 14.2. The van der Waals surface area contributed by atoms with E-state index in [0.29, 0.717) is 16.0 Å². The highest BCUT2D eigenvalue weighted by Gasteiger charge is 2.42. The molecule has 2 rings (SSSR count). The standard InChI is InChI=1S/C10H8ClF3N2O/c11-6-1-2-7-5(3-6)4-8(17-7)9(16-15)10(12,13)14/h1-4,9,16H,15H2. The van der Waals surface area contributed by atoms with E-state index in [1.165, 1.54) is 24.3 Å². The molecule has 0 saturated heterocycles. The van der Waals surface area contributed by atoms with E-state index in [9.17, 15) is 13.2 Å². The maximum absolute atomic E-state index is 12.6. The molecule has 0 spiro atoms. The second-order valence-electron chi connectivity index (χ2n) is 3.47. The van der Waals surface area contributed by atoms with Gasteiger partial charge in [-0.2, -0.15) is 13.2 Å². The third kappa shape index (κ3) is 2.38. The maximum Gasteiger partial charge on any atom is 0.412 e. The van der Waals surface area contributed by atoms with Gasteiger partial charge in [-0.05, 0) is 24.3 Å². The lowest BCUT2D eigenvalue weighted by atomic mass is 10.2. The lowest BCUT2D eigenvalue weighted by Gasteiger charge is -2.16. The van der Waals surface area contributed by atoms with Crippen molar-refractivity contribution in [1.82, 2.24) is 5.43 Å². The van der Waals surface area contributed by atoms with Gasteiger partial charge in [-0.1, -0.05) is 11.6 Å². The van der Waals surface area contributed by atoms with Crippen molar-refractivity contribution < 1.29 is 17.6 Å². The first-order chi connectivity index (χ1) is 7.91. The number of hydrazine groups is 1. The van der Waals surface area contributed by atoms with Crippen LogP contribution < -0.4 is 11.3 Å². The monoisotopic (exact) mass is 264 g/mol. The zero-order valence-corrected chi connectivity index (χ0v) is 9.14. The quantitative estimate of drug-likeness (QED) is 0.647. The lowest BCUT2D eigenvalue weighted by Crippen LogP contribution is -2.38. The molecule has 3 nitrogen and oxygen atoms in total. The van der Waals surface area contributed by atoms with E-state index in [1.54, 1.807) is 5.43 Å². The second kappa shape index (κ2) is 4.21. The number of fused-ring (bicyclic) bond motifs is 1. The summed E-state index contributed by atoms with van der Waals surface area (Å²) in [4.78, 5) is 0. The highest BCUT2D eigenvalue weighted by atomic mass is 35.5. The Labute approximate surface area is 99.3 Å². The van der Waals surface area contributed by atoms with Crippen molar-refractivity contribution in [3.8, 4) is 0 Å². The first-order valence-corrected chi connectivity index (χ1v) is 5.01. The van der Waals surface area contributed by atoms with Crippen LogP contribution in [-0.4, -0.2) is 6.18 Å². The molecule has 1 heterocycles. The molecular weight excluding hydrogens is 257 g/mol. The average Bonchev–Trinajstić information content (AvgIpc) is 2.58. The van der Waals surface area contributed by atoms with E-state index in [1.807, 2.05) is 0 Å². The van der Waals surface area contributed by atoms with Crippen LogP contribution in [0.4, 0.5) is 13.2 Å². The van der Waals surface area contributed by atoms with Gasteiger partial charge >= 0.3 is 6.18 Å². The number of benzene rings is 1. The predicted molar refractivity (Wildman–Crippen MR) is 57.3 cm³/mol. The summed E-state index contributed by atoms with van der Waals surface area (Å²) in [5.41, 5.74) is 2.01. The molecule has 3 N–H and O–H groups in total. The summed E-state index contributed by atoms with van der Waals surface area (Å²) in [6, 6.07) is 3.79. The molecule has 0 bridgehead atoms. The van der Waals surface area contributed by atoms with Crippen molar-refractivity contribution in [2.45, 2.75) is 12.2 Å². The van der Waals surface area contributed by atoms with E-state index in [0.717, 1.165) is 0 Å². The summed E-state index contributed by atoms with van der Waals surface area (Å²) < 4.78 is 42.8. The van der Waals surface area contributed by atoms with E-state index in [-0.39, 0.29) is 5.76 Å². The molecule has 1 aromatic carbocycles. The molecule has 1 unspecified atom stereocenters. The molecule has 0 aliphatic rings. The topological polar surface area (TPSA) is 51.2 Å². The molecule has 0 saturated carbocycles. The Kier molecular flexibility index (Phi) is 3.03. The van der Waals surface area contributed by atoms with Gasteiger partial charge in [0.25, 0.3) is 0 Å². The van der Waals surface area contributed by atoms with Gasteiger partial charge in [0, 0.05) is 10.4 Å². The van der Waals surface area contributed by atoms with Gasteiger partial charge in [-0.15, -0.1) is 0 Å². The molecule has 0 aliphatic carbocycles. The summed E-state index contributed by atoms with van der Waals surface area (Å²) in [6.45, 7) is 0. The fourth-order valence-electron chi connectivity index (χ4n) is 1.51. The summed E-state index contributed by atoms with van der Waals surface area (Å²) in [6.07, 6.45) is -4.52. The molecule has 92 valence electrons. The van der Waals surface area contributed by atoms with Gasteiger partial charge in [0.05, 0.1) is 0 Å². The molecule has 17 heavy (non-hydrogen) atoms. The van der Waals surface area contributed by atoms with Crippen molar-refractivity contribution >= 4 is 22.6 Å². The van der Waals surface area contributed by atoms with E-state index in [2.05, 4.69) is 0 Å². The molecule has 1 aromatic heterocycles. The van der Waals surface area contributed by atoms with E-state index >= 15 is 0 Å². The SMILES string of the molecule is NNC(c1cc2cc(Cl)ccc2o1)C(F)(F)F. The first-order valence-electron chi connectivity index (χ1n) is 4.63. The van der Waals surface area contributed by atoms with E-state index in [4.69, 9.17) is 21.9 Å². The smallest absolute Gasteiger partial charge is 0.412 e. The van der Waals surface area contributed by atoms with Crippen LogP contribution in [0.15, 0.2) is 28.7 Å². The van der Waals surface area contributed by atoms with Crippen molar-refractivity contribution in [2.75, 3.05) is 0 Å². The van der Waals surface area contributed by atoms with Crippen LogP contribution in [0, 0.1) is 0 Å². The Hall–Kier alpha value is -1.24. The zero-order chi connectivity index (χ0) is 12.6. The third-order valence-corrected chi connectivity index (χ3v) is 2.51. The Morgan fingerprint density at radius 3 is 2.59 bits per heavy atom. The van der Waals surface area contributed by atoms with Crippen LogP contribution in [0.5, 0.6) is 0 Å². The minimum atomic E-state index is -4.52. The van der Waals surface area contributed by atoms with Crippen LogP contribution in [0.25, 0.3) is 11.0 Å². The Morgan fingerprint density at radius 2 is 2.00 bits per heavy atom. The molecule has 7 heteroatoms. The number of alkyl halides is 3. The Balaban J connectivity index is 2.48. The lowest BCUT2D eigenvalue weighted by molar-refractivity contribution is -0.161. The molecule has 0 fully saturated rings. The first kappa shape index (κ1) is 12.2. The average molecular weight is 265 g/mol. The van der Waals surface area contributed by atoms with Crippen LogP contribution in [-0.2, 0) is 0 Å². The number of nitrogens with two attached hydrogens (primary N) is 1. The largest absolute Gasteiger partial charge is 0.459 e. The van der Waals surface area contributed by atoms with Gasteiger partial charge in [0.1, 0.15) is 11.3 Å². The maximum atomic E-state index is 12.6. The summed E-state index contributed by atoms with van der Waals surface area (Å²) in [5, 5.41) is 0.922. The molecule has 1 atom stereocenters. The van der Waals surface area contributed by atoms with Crippen LogP contribution in [0.3, 0.4) is 0 Å². The predicted octanol–water partition coefficient (Wildman–Crippen LogP) is 3.15. The highest BCUT2D eigenvalue weighted by molar-refractivity contribution is 6.31. The number of rotatable bonds is 2. The third-order valence-electron chi connectivity index (χ3n) is 2.28. The molecule has 2 aromatic rings. The molecule has 0 radical (unpaired) electrons. The highest BCUT2D eigenvalue weighted by Crippen LogP contribution is 2.35. The van der Waals surface area contributed by atoms with Gasteiger partial charge in [-0.3, -0.25) is 5.84 Å². The van der Waals surface area contributed by atoms with Gasteiger partial charge in [0.15, 0.2) is 6.04 Å². The molecular formula is C10H8ClF3N2O. The van der Waals surface area contributed by atoms with Crippen molar-refractivity contribution in [3.63, 3.8) is 0 Å². The van der Waals surface area contributed by atoms with Crippen molar-refractivity contribution in [3.05, 3.63) is 35.0 Å². The number of nitrogens with one attached hydrogen (secondary N) is 1. The molecule has 0 amide bonds. The summed E-state index contributed by atoms with van der Waals surface area (Å²) in [7, 11) is 0. The van der Waals surface area contributed by atoms with Gasteiger partial charge in [0.2, 0.25) is 0 Å². The second-order valence-corrected chi connectivity index (χ2v) is 3.91. The number of hydrogen-bond acceptors (Lipinski definition) is 3. The minimum Gasteiger partial charge on any atom is -0.459 e. The van der Waals surface area contributed by atoms with E-state index < -0.39 is 12.2 Å². The number of furan rings is 1. The van der Waals surface area contributed by atoms with Crippen molar-refractivity contribution in [2.24, 2.45) is 5.84 Å². The summed E-state index contributed by atoms with van der Waals surface area (Å²) in [5.74, 6) is 4.59. The fraction of sp³-hybridized carbons (Fsp3) is 0.200. The van der Waals surface area contributed by atoms with Gasteiger partial charge < -0.3 is 4.42 Å². The van der Waals surface area contributed by atoms with Gasteiger partial charge in [-0.25, -0.2) is 5.43 Å². The fourth-order valence-corrected chi connectivity index (χ4v) is 1.70. The Morgan fingerprint density at radius 1 is 1.29 bits per heavy atom.